The van der Waals surface area contributed by atoms with E-state index in [0.29, 0.717) is 44.0 Å². The summed E-state index contributed by atoms with van der Waals surface area (Å²) in [5.41, 5.74) is -3.04. The molecule has 3 fully saturated rings. The van der Waals surface area contributed by atoms with Crippen LogP contribution in [-0.2, 0) is 23.6 Å². The van der Waals surface area contributed by atoms with Crippen molar-refractivity contribution >= 4 is 17.6 Å². The lowest BCUT2D eigenvalue weighted by atomic mass is 9.89. The third-order valence-electron chi connectivity index (χ3n) is 8.52. The fourth-order valence-corrected chi connectivity index (χ4v) is 6.27. The van der Waals surface area contributed by atoms with Crippen LogP contribution in [0, 0.1) is 0 Å². The average molecular weight is 605 g/mol. The normalized spacial score (nSPS) is 19.3. The van der Waals surface area contributed by atoms with Crippen LogP contribution in [0.1, 0.15) is 42.4 Å². The van der Waals surface area contributed by atoms with Crippen molar-refractivity contribution in [1.29, 1.82) is 0 Å². The van der Waals surface area contributed by atoms with Gasteiger partial charge in [0.05, 0.1) is 17.7 Å². The number of likely N-dealkylation sites (tertiary alicyclic amines) is 1. The number of carbonyl (C=O) groups is 1. The van der Waals surface area contributed by atoms with Crippen LogP contribution in [0.15, 0.2) is 60.8 Å². The van der Waals surface area contributed by atoms with Gasteiger partial charge in [-0.1, -0.05) is 18.2 Å². The largest absolute Gasteiger partial charge is 0.441 e. The summed E-state index contributed by atoms with van der Waals surface area (Å²) in [6.45, 7) is 2.44. The Morgan fingerprint density at radius 2 is 1.56 bits per heavy atom. The number of piperidine rings is 1. The summed E-state index contributed by atoms with van der Waals surface area (Å²) in [4.78, 5) is 22.4. The van der Waals surface area contributed by atoms with Gasteiger partial charge in [-0.2, -0.15) is 26.3 Å². The molecule has 0 aliphatic carbocycles. The van der Waals surface area contributed by atoms with Gasteiger partial charge in [0, 0.05) is 63.0 Å². The number of aromatic nitrogens is 1. The Labute approximate surface area is 244 Å². The van der Waals surface area contributed by atoms with E-state index in [0.717, 1.165) is 32.0 Å². The number of halogens is 6. The summed E-state index contributed by atoms with van der Waals surface area (Å²) in [5.74, 6) is 0.625. The molecule has 1 spiro atoms. The minimum Gasteiger partial charge on any atom is -0.441 e. The second-order valence-corrected chi connectivity index (χ2v) is 11.4. The summed E-state index contributed by atoms with van der Waals surface area (Å²) in [7, 11) is 0. The van der Waals surface area contributed by atoms with E-state index >= 15 is 0 Å². The first-order valence-corrected chi connectivity index (χ1v) is 14.2. The maximum Gasteiger partial charge on any atom is 0.417 e. The van der Waals surface area contributed by atoms with E-state index in [-0.39, 0.29) is 29.3 Å². The molecular weight excluding hydrogens is 574 g/mol. The van der Waals surface area contributed by atoms with Gasteiger partial charge >= 0.3 is 18.4 Å². The molecule has 1 aromatic heterocycles. The average Bonchev–Trinajstić information content (AvgIpc) is 3.62. The van der Waals surface area contributed by atoms with Crippen molar-refractivity contribution in [2.24, 2.45) is 0 Å². The van der Waals surface area contributed by atoms with Crippen molar-refractivity contribution in [3.05, 3.63) is 77.5 Å². The molecule has 0 N–H and O–H groups in total. The van der Waals surface area contributed by atoms with Crippen molar-refractivity contribution in [2.45, 2.75) is 50.2 Å². The summed E-state index contributed by atoms with van der Waals surface area (Å²) < 4.78 is 90.3. The molecule has 3 aliphatic rings. The van der Waals surface area contributed by atoms with Gasteiger partial charge in [-0.05, 0) is 60.4 Å². The number of anilines is 2. The minimum atomic E-state index is -5.02. The molecule has 3 aliphatic heterocycles. The maximum atomic E-state index is 14.3. The van der Waals surface area contributed by atoms with Gasteiger partial charge < -0.3 is 9.64 Å². The Kier molecular flexibility index (Phi) is 7.52. The van der Waals surface area contributed by atoms with Crippen LogP contribution in [0.4, 0.5) is 42.6 Å². The first-order chi connectivity index (χ1) is 20.4. The van der Waals surface area contributed by atoms with Gasteiger partial charge in [-0.15, -0.1) is 0 Å². The molecule has 3 aromatic rings. The quantitative estimate of drug-likeness (QED) is 0.285. The van der Waals surface area contributed by atoms with Crippen LogP contribution in [0.5, 0.6) is 0 Å². The summed E-state index contributed by atoms with van der Waals surface area (Å²) in [6.07, 6.45) is -6.37. The van der Waals surface area contributed by atoms with Gasteiger partial charge in [0.15, 0.2) is 0 Å². The lowest BCUT2D eigenvalue weighted by molar-refractivity contribution is -0.142. The lowest BCUT2D eigenvalue weighted by Crippen LogP contribution is -2.46. The van der Waals surface area contributed by atoms with E-state index in [9.17, 15) is 31.1 Å². The van der Waals surface area contributed by atoms with Gasteiger partial charge in [0.2, 0.25) is 0 Å². The Bertz CT molecular complexity index is 1460. The highest BCUT2D eigenvalue weighted by Crippen LogP contribution is 2.44. The topological polar surface area (TPSA) is 48.9 Å². The Balaban J connectivity index is 1.29. The predicted molar refractivity (Wildman–Crippen MR) is 149 cm³/mol. The highest BCUT2D eigenvalue weighted by atomic mass is 19.4. The number of para-hydroxylation sites is 1. The van der Waals surface area contributed by atoms with Crippen LogP contribution >= 0.6 is 0 Å². The zero-order chi connectivity index (χ0) is 30.4. The molecule has 12 heteroatoms. The number of carbonyl (C=O) groups excluding carboxylic acids is 1. The number of hydrogen-bond donors (Lipinski definition) is 0. The van der Waals surface area contributed by atoms with Crippen molar-refractivity contribution in [3.63, 3.8) is 0 Å². The fourth-order valence-electron chi connectivity index (χ4n) is 6.27. The molecule has 2 aromatic carbocycles. The zero-order valence-corrected chi connectivity index (χ0v) is 23.2. The highest BCUT2D eigenvalue weighted by Gasteiger charge is 2.48. The second kappa shape index (κ2) is 11.0. The van der Waals surface area contributed by atoms with Crippen LogP contribution < -0.4 is 9.80 Å². The van der Waals surface area contributed by atoms with E-state index < -0.39 is 35.2 Å². The van der Waals surface area contributed by atoms with Crippen molar-refractivity contribution < 1.29 is 35.9 Å². The predicted octanol–water partition coefficient (Wildman–Crippen LogP) is 7.38. The number of benzene rings is 2. The van der Waals surface area contributed by atoms with E-state index in [1.165, 1.54) is 12.3 Å². The van der Waals surface area contributed by atoms with Crippen molar-refractivity contribution in [1.82, 2.24) is 9.88 Å². The smallest absolute Gasteiger partial charge is 0.417 e. The zero-order valence-electron chi connectivity index (χ0n) is 23.2. The molecule has 6 nitrogen and oxygen atoms in total. The third-order valence-corrected chi connectivity index (χ3v) is 8.52. The van der Waals surface area contributed by atoms with Crippen LogP contribution in [0.2, 0.25) is 0 Å². The number of rotatable bonds is 5. The summed E-state index contributed by atoms with van der Waals surface area (Å²) in [6, 6.07) is 13.2. The molecule has 228 valence electrons. The van der Waals surface area contributed by atoms with E-state index in [1.54, 1.807) is 23.1 Å². The number of amides is 1. The molecule has 1 amide bonds. The Morgan fingerprint density at radius 3 is 2.16 bits per heavy atom. The lowest BCUT2D eigenvalue weighted by Gasteiger charge is -2.37. The molecule has 0 radical (unpaired) electrons. The monoisotopic (exact) mass is 604 g/mol. The molecule has 4 heterocycles. The molecular formula is C31H30F6N4O2. The molecule has 43 heavy (non-hydrogen) atoms. The SMILES string of the molecule is O=C1OC2(CCN(Cc3cc(C(F)(F)F)cc(C(F)(F)F)c3-c3ccc(N4CCCC4)nc3)CC2)CN1c1ccccc1. The number of pyridine rings is 1. The standard InChI is InChI=1S/C31H30F6N4O2/c32-30(33,34)23-16-22(19-39-14-10-29(11-15-39)20-41(28(42)43-29)24-6-2-1-3-7-24)27(25(17-23)31(35,36)37)21-8-9-26(38-18-21)40-12-4-5-13-40/h1-3,6-9,16-18H,4-5,10-15,19-20H2. The highest BCUT2D eigenvalue weighted by molar-refractivity contribution is 5.90. The molecule has 0 bridgehead atoms. The fraction of sp³-hybridized carbons (Fsp3) is 0.419. The second-order valence-electron chi connectivity index (χ2n) is 11.4. The Hall–Kier alpha value is -3.80. The summed E-state index contributed by atoms with van der Waals surface area (Å²) >= 11 is 0. The first kappa shape index (κ1) is 29.3. The maximum absolute atomic E-state index is 14.3. The van der Waals surface area contributed by atoms with E-state index in [2.05, 4.69) is 4.98 Å². The number of nitrogens with zero attached hydrogens (tertiary/aromatic N) is 4. The van der Waals surface area contributed by atoms with Gasteiger partial charge in [0.1, 0.15) is 11.4 Å². The van der Waals surface area contributed by atoms with Crippen LogP contribution in [0.25, 0.3) is 11.1 Å². The van der Waals surface area contributed by atoms with Crippen LogP contribution in [-0.4, -0.2) is 54.3 Å². The van der Waals surface area contributed by atoms with Gasteiger partial charge in [-0.3, -0.25) is 9.80 Å². The van der Waals surface area contributed by atoms with E-state index in [1.807, 2.05) is 28.0 Å². The van der Waals surface area contributed by atoms with Gasteiger partial charge in [0.25, 0.3) is 0 Å². The summed E-state index contributed by atoms with van der Waals surface area (Å²) in [5, 5.41) is 0. The molecule has 0 atom stereocenters. The van der Waals surface area contributed by atoms with Crippen molar-refractivity contribution in [2.75, 3.05) is 42.5 Å². The minimum absolute atomic E-state index is 0.0804. The molecule has 0 saturated carbocycles. The molecule has 0 unspecified atom stereocenters. The van der Waals surface area contributed by atoms with Crippen molar-refractivity contribution in [3.8, 4) is 11.1 Å². The number of alkyl halides is 6. The number of ether oxygens (including phenoxy) is 1. The van der Waals surface area contributed by atoms with Crippen LogP contribution in [0.3, 0.4) is 0 Å². The Morgan fingerprint density at radius 1 is 0.860 bits per heavy atom. The van der Waals surface area contributed by atoms with E-state index in [4.69, 9.17) is 4.74 Å². The first-order valence-electron chi connectivity index (χ1n) is 14.2. The molecule has 6 rings (SSSR count). The van der Waals surface area contributed by atoms with Gasteiger partial charge in [-0.25, -0.2) is 9.78 Å². The molecule has 3 saturated heterocycles. The third kappa shape index (κ3) is 6.02. The number of hydrogen-bond acceptors (Lipinski definition) is 5.